The van der Waals surface area contributed by atoms with E-state index >= 15 is 0 Å². The number of allylic oxidation sites excluding steroid dienone is 2. The van der Waals surface area contributed by atoms with Gasteiger partial charge in [-0.3, -0.25) is 44.1 Å². The molecule has 1 aliphatic rings. The number of amides is 3. The van der Waals surface area contributed by atoms with Crippen molar-refractivity contribution in [2.45, 2.75) is 72.1 Å². The van der Waals surface area contributed by atoms with E-state index in [0.29, 0.717) is 89.5 Å². The molecule has 0 radical (unpaired) electrons. The molecule has 0 atom stereocenters. The van der Waals surface area contributed by atoms with Crippen molar-refractivity contribution in [1.29, 1.82) is 0 Å². The summed E-state index contributed by atoms with van der Waals surface area (Å²) >= 11 is 1.47. The lowest BCUT2D eigenvalue weighted by atomic mass is 10.1. The molecule has 1 fully saturated rings. The Balaban J connectivity index is 1.25. The standard InChI is InChI=1S/C43H52N12O6S/c1-7-54-33(20-26(3)49-54)40(58)47-42-45-31-23-30(39(44)57)24-35(61-17-11-12-51-15-18-60-19-16-51)37(31)52(42)13-9-10-14-53-38-32(22-29(28(5)56)25-36(38)62-6)46-43(53)48-41(59)34-21-27(4)50-55(34)8-2/h9-10,20-25H,7-8,11-19H2,1-6H3,(H2,44,57)(H,45,47,58)(H,46,48,59)/b10-9+. The largest absolute Gasteiger partial charge is 0.491 e. The van der Waals surface area contributed by atoms with E-state index < -0.39 is 11.8 Å². The highest BCUT2D eigenvalue weighted by Crippen LogP contribution is 2.33. The Morgan fingerprint density at radius 1 is 0.806 bits per heavy atom. The number of ketones is 1. The van der Waals surface area contributed by atoms with Crippen molar-refractivity contribution in [3.05, 3.63) is 82.5 Å². The number of nitrogens with zero attached hydrogens (tertiary/aromatic N) is 9. The SMILES string of the molecule is CCn1nc(C)cc1C(=O)Nc1nc2cc(C(N)=O)cc(OCCCN3CCOCC3)c2n1C/C=C/Cn1c(NC(=O)c2cc(C)nn2CC)nc2cc(C(C)=O)cc(SC)c21. The molecule has 2 aromatic carbocycles. The first-order chi connectivity index (χ1) is 29.9. The third-order valence-corrected chi connectivity index (χ3v) is 11.3. The van der Waals surface area contributed by atoms with Crippen LogP contribution in [-0.2, 0) is 30.9 Å². The molecule has 1 aliphatic heterocycles. The fourth-order valence-electron chi connectivity index (χ4n) is 7.54. The maximum atomic E-state index is 13.8. The maximum Gasteiger partial charge on any atom is 0.276 e. The lowest BCUT2D eigenvalue weighted by Gasteiger charge is -2.26. The number of thioether (sulfide) groups is 1. The number of fused-ring (bicyclic) bond motifs is 2. The Kier molecular flexibility index (Phi) is 13.5. The van der Waals surface area contributed by atoms with Crippen molar-refractivity contribution >= 4 is 69.2 Å². The van der Waals surface area contributed by atoms with Gasteiger partial charge in [0.2, 0.25) is 17.8 Å². The predicted molar refractivity (Wildman–Crippen MR) is 237 cm³/mol. The Morgan fingerprint density at radius 3 is 1.89 bits per heavy atom. The minimum Gasteiger partial charge on any atom is -0.491 e. The molecule has 4 aromatic heterocycles. The van der Waals surface area contributed by atoms with Gasteiger partial charge in [-0.25, -0.2) is 9.97 Å². The number of anilines is 2. The van der Waals surface area contributed by atoms with E-state index in [1.807, 2.05) is 61.3 Å². The fourth-order valence-corrected chi connectivity index (χ4v) is 8.20. The fraction of sp³-hybridized carbons (Fsp3) is 0.395. The lowest BCUT2D eigenvalue weighted by molar-refractivity contribution is 0.0358. The van der Waals surface area contributed by atoms with E-state index in [-0.39, 0.29) is 36.3 Å². The molecule has 1 saturated heterocycles. The quantitative estimate of drug-likeness (QED) is 0.0434. The van der Waals surface area contributed by atoms with Crippen LogP contribution in [0.4, 0.5) is 11.9 Å². The van der Waals surface area contributed by atoms with E-state index in [2.05, 4.69) is 25.7 Å². The highest BCUT2D eigenvalue weighted by Gasteiger charge is 2.23. The van der Waals surface area contributed by atoms with E-state index in [9.17, 15) is 19.2 Å². The summed E-state index contributed by atoms with van der Waals surface area (Å²) in [5, 5.41) is 14.9. The summed E-state index contributed by atoms with van der Waals surface area (Å²) in [4.78, 5) is 65.4. The van der Waals surface area contributed by atoms with Crippen LogP contribution in [0.3, 0.4) is 0 Å². The zero-order valence-corrected chi connectivity index (χ0v) is 36.7. The number of primary amides is 1. The van der Waals surface area contributed by atoms with E-state index in [1.165, 1.54) is 18.7 Å². The second-order valence-corrected chi connectivity index (χ2v) is 15.8. The number of hydrogen-bond donors (Lipinski definition) is 3. The second-order valence-electron chi connectivity index (χ2n) is 14.9. The van der Waals surface area contributed by atoms with E-state index in [4.69, 9.17) is 25.2 Å². The van der Waals surface area contributed by atoms with Crippen molar-refractivity contribution in [2.24, 2.45) is 5.73 Å². The summed E-state index contributed by atoms with van der Waals surface area (Å²) in [6.45, 7) is 14.7. The number of imidazole rings is 2. The zero-order chi connectivity index (χ0) is 44.1. The molecule has 18 nitrogen and oxygen atoms in total. The van der Waals surface area contributed by atoms with Crippen LogP contribution >= 0.6 is 11.8 Å². The Bertz CT molecular complexity index is 2690. The molecule has 0 aliphatic carbocycles. The summed E-state index contributed by atoms with van der Waals surface area (Å²) in [7, 11) is 0. The average molecular weight is 865 g/mol. The van der Waals surface area contributed by atoms with Crippen LogP contribution in [0.5, 0.6) is 5.75 Å². The number of hydrogen-bond acceptors (Lipinski definition) is 12. The summed E-state index contributed by atoms with van der Waals surface area (Å²) in [6, 6.07) is 10.2. The third-order valence-electron chi connectivity index (χ3n) is 10.6. The van der Waals surface area contributed by atoms with Crippen LogP contribution in [0.1, 0.15) is 80.3 Å². The molecule has 3 amide bonds. The molecular formula is C43H52N12O6S. The summed E-state index contributed by atoms with van der Waals surface area (Å²) in [5.74, 6) is -0.607. The first kappa shape index (κ1) is 43.8. The van der Waals surface area contributed by atoms with Gasteiger partial charge in [0.1, 0.15) is 22.7 Å². The van der Waals surface area contributed by atoms with Crippen LogP contribution in [-0.4, -0.2) is 113 Å². The molecule has 0 unspecified atom stereocenters. The minimum absolute atomic E-state index is 0.0994. The van der Waals surface area contributed by atoms with Gasteiger partial charge in [-0.05, 0) is 83.7 Å². The van der Waals surface area contributed by atoms with Gasteiger partial charge in [0.15, 0.2) is 5.78 Å². The number of morpholine rings is 1. The maximum absolute atomic E-state index is 13.8. The molecular weight excluding hydrogens is 813 g/mol. The van der Waals surface area contributed by atoms with Gasteiger partial charge in [0, 0.05) is 61.8 Å². The third kappa shape index (κ3) is 9.44. The number of Topliss-reactive ketones (excluding diaryl/α,β-unsaturated/α-hetero) is 1. The normalized spacial score (nSPS) is 13.4. The summed E-state index contributed by atoms with van der Waals surface area (Å²) in [5.41, 5.74) is 11.0. The van der Waals surface area contributed by atoms with Crippen LogP contribution in [0.15, 0.2) is 53.4 Å². The van der Waals surface area contributed by atoms with Gasteiger partial charge in [0.05, 0.1) is 47.8 Å². The van der Waals surface area contributed by atoms with Crippen molar-refractivity contribution in [1.82, 2.24) is 43.6 Å². The Labute approximate surface area is 362 Å². The molecule has 5 heterocycles. The van der Waals surface area contributed by atoms with Crippen molar-refractivity contribution < 1.29 is 28.7 Å². The Morgan fingerprint density at radius 2 is 1.35 bits per heavy atom. The van der Waals surface area contributed by atoms with Crippen LogP contribution in [0.25, 0.3) is 22.1 Å². The first-order valence-electron chi connectivity index (χ1n) is 20.6. The second kappa shape index (κ2) is 19.2. The molecule has 0 saturated carbocycles. The number of aromatic nitrogens is 8. The smallest absolute Gasteiger partial charge is 0.276 e. The van der Waals surface area contributed by atoms with Crippen LogP contribution < -0.4 is 21.1 Å². The number of ether oxygens (including phenoxy) is 2. The number of nitrogens with two attached hydrogens (primary N) is 1. The van der Waals surface area contributed by atoms with Gasteiger partial charge in [-0.1, -0.05) is 12.2 Å². The number of carbonyl (C=O) groups excluding carboxylic acids is 4. The minimum atomic E-state index is -0.641. The van der Waals surface area contributed by atoms with Crippen molar-refractivity contribution in [2.75, 3.05) is 56.3 Å². The van der Waals surface area contributed by atoms with E-state index in [1.54, 1.807) is 39.7 Å². The van der Waals surface area contributed by atoms with Crippen LogP contribution in [0.2, 0.25) is 0 Å². The molecule has 326 valence electrons. The van der Waals surface area contributed by atoms with Crippen molar-refractivity contribution in [3.8, 4) is 5.75 Å². The van der Waals surface area contributed by atoms with Gasteiger partial charge < -0.3 is 24.3 Å². The molecule has 62 heavy (non-hydrogen) atoms. The van der Waals surface area contributed by atoms with Gasteiger partial charge in [0.25, 0.3) is 11.8 Å². The number of benzene rings is 2. The lowest BCUT2D eigenvalue weighted by Crippen LogP contribution is -2.37. The van der Waals surface area contributed by atoms with Gasteiger partial charge in [-0.15, -0.1) is 11.8 Å². The summed E-state index contributed by atoms with van der Waals surface area (Å²) in [6.07, 6.45) is 6.49. The van der Waals surface area contributed by atoms with Gasteiger partial charge in [-0.2, -0.15) is 10.2 Å². The molecule has 19 heteroatoms. The zero-order valence-electron chi connectivity index (χ0n) is 35.9. The molecule has 6 aromatic rings. The van der Waals surface area contributed by atoms with Crippen LogP contribution in [0, 0.1) is 13.8 Å². The number of carbonyl (C=O) groups is 4. The highest BCUT2D eigenvalue weighted by molar-refractivity contribution is 7.98. The highest BCUT2D eigenvalue weighted by atomic mass is 32.2. The topological polar surface area (TPSA) is 211 Å². The average Bonchev–Trinajstić information content (AvgIpc) is 4.03. The number of rotatable bonds is 18. The molecule has 0 spiro atoms. The molecule has 4 N–H and O–H groups in total. The van der Waals surface area contributed by atoms with E-state index in [0.717, 1.165) is 36.5 Å². The number of aryl methyl sites for hydroxylation is 4. The van der Waals surface area contributed by atoms with Gasteiger partial charge >= 0.3 is 0 Å². The molecule has 0 bridgehead atoms. The Hall–Kier alpha value is -6.31. The van der Waals surface area contributed by atoms with Crippen molar-refractivity contribution in [3.63, 3.8) is 0 Å². The first-order valence-corrected chi connectivity index (χ1v) is 21.8. The monoisotopic (exact) mass is 864 g/mol. The summed E-state index contributed by atoms with van der Waals surface area (Å²) < 4.78 is 18.9. The predicted octanol–water partition coefficient (Wildman–Crippen LogP) is 5.32. The molecule has 7 rings (SSSR count). The number of nitrogens with one attached hydrogen (secondary N) is 2.